The van der Waals surface area contributed by atoms with Crippen molar-refractivity contribution in [1.82, 2.24) is 9.21 Å². The van der Waals surface area contributed by atoms with Gasteiger partial charge in [-0.15, -0.1) is 5.92 Å². The van der Waals surface area contributed by atoms with E-state index in [4.69, 9.17) is 4.74 Å². The van der Waals surface area contributed by atoms with Crippen molar-refractivity contribution in [1.29, 1.82) is 0 Å². The molecular formula is C15H20N2O3S. The van der Waals surface area contributed by atoms with E-state index in [1.54, 1.807) is 31.2 Å². The standard InChI is InChI=1S/C15H20N2O3S/c1-3-4-13-20-14-5-7-15(8-6-14)21(18,19)17-11-9-16(2)10-12-17/h5-8H,9-13H2,1-2H3. The Bertz CT molecular complexity index is 621. The van der Waals surface area contributed by atoms with E-state index in [2.05, 4.69) is 16.7 Å². The third-order valence-corrected chi connectivity index (χ3v) is 5.32. The van der Waals surface area contributed by atoms with Gasteiger partial charge in [-0.1, -0.05) is 5.92 Å². The van der Waals surface area contributed by atoms with E-state index in [1.807, 2.05) is 7.05 Å². The molecule has 0 unspecified atom stereocenters. The summed E-state index contributed by atoms with van der Waals surface area (Å²) in [5.41, 5.74) is 0. The lowest BCUT2D eigenvalue weighted by Gasteiger charge is -2.31. The van der Waals surface area contributed by atoms with Crippen LogP contribution in [0.15, 0.2) is 29.2 Å². The minimum Gasteiger partial charge on any atom is -0.481 e. The maximum absolute atomic E-state index is 12.5. The van der Waals surface area contributed by atoms with Crippen LogP contribution in [0.1, 0.15) is 6.92 Å². The number of piperazine rings is 1. The molecule has 2 rings (SSSR count). The Morgan fingerprint density at radius 2 is 1.76 bits per heavy atom. The first-order chi connectivity index (χ1) is 10.0. The van der Waals surface area contributed by atoms with Gasteiger partial charge in [-0.2, -0.15) is 4.31 Å². The van der Waals surface area contributed by atoms with Crippen molar-refractivity contribution in [3.63, 3.8) is 0 Å². The van der Waals surface area contributed by atoms with Crippen molar-refractivity contribution in [2.45, 2.75) is 11.8 Å². The molecule has 0 spiro atoms. The van der Waals surface area contributed by atoms with Crippen LogP contribution in [0.2, 0.25) is 0 Å². The lowest BCUT2D eigenvalue weighted by molar-refractivity contribution is 0.222. The van der Waals surface area contributed by atoms with Gasteiger partial charge in [0, 0.05) is 26.2 Å². The average Bonchev–Trinajstić information content (AvgIpc) is 2.48. The summed E-state index contributed by atoms with van der Waals surface area (Å²) in [5.74, 6) is 6.15. The van der Waals surface area contributed by atoms with Gasteiger partial charge in [0.05, 0.1) is 4.90 Å². The molecule has 0 radical (unpaired) electrons. The molecule has 6 heteroatoms. The van der Waals surface area contributed by atoms with Crippen LogP contribution in [0.5, 0.6) is 5.75 Å². The van der Waals surface area contributed by atoms with Gasteiger partial charge in [0.15, 0.2) is 0 Å². The Balaban J connectivity index is 2.07. The van der Waals surface area contributed by atoms with Gasteiger partial charge in [-0.3, -0.25) is 0 Å². The molecule has 1 saturated heterocycles. The maximum Gasteiger partial charge on any atom is 0.243 e. The monoisotopic (exact) mass is 308 g/mol. The predicted molar refractivity (Wildman–Crippen MR) is 81.6 cm³/mol. The molecule has 0 N–H and O–H groups in total. The van der Waals surface area contributed by atoms with Crippen molar-refractivity contribution >= 4 is 10.0 Å². The van der Waals surface area contributed by atoms with Crippen molar-refractivity contribution in [3.05, 3.63) is 24.3 Å². The number of sulfonamides is 1. The fraction of sp³-hybridized carbons (Fsp3) is 0.467. The first-order valence-corrected chi connectivity index (χ1v) is 8.29. The second-order valence-corrected chi connectivity index (χ2v) is 6.83. The lowest BCUT2D eigenvalue weighted by atomic mass is 10.3. The maximum atomic E-state index is 12.5. The number of ether oxygens (including phenoxy) is 1. The summed E-state index contributed by atoms with van der Waals surface area (Å²) in [4.78, 5) is 2.43. The molecule has 1 heterocycles. The topological polar surface area (TPSA) is 49.9 Å². The summed E-state index contributed by atoms with van der Waals surface area (Å²) in [6.07, 6.45) is 0. The Labute approximate surface area is 126 Å². The second kappa shape index (κ2) is 6.94. The van der Waals surface area contributed by atoms with Crippen LogP contribution in [-0.2, 0) is 10.0 Å². The third-order valence-electron chi connectivity index (χ3n) is 3.41. The number of likely N-dealkylation sites (N-methyl/N-ethyl adjacent to an activating group) is 1. The first kappa shape index (κ1) is 15.8. The highest BCUT2D eigenvalue weighted by atomic mass is 32.2. The van der Waals surface area contributed by atoms with Gasteiger partial charge < -0.3 is 9.64 Å². The summed E-state index contributed by atoms with van der Waals surface area (Å²) < 4.78 is 31.9. The molecule has 1 aliphatic rings. The van der Waals surface area contributed by atoms with E-state index in [-0.39, 0.29) is 0 Å². The lowest BCUT2D eigenvalue weighted by Crippen LogP contribution is -2.46. The van der Waals surface area contributed by atoms with Gasteiger partial charge in [0.1, 0.15) is 12.4 Å². The highest BCUT2D eigenvalue weighted by molar-refractivity contribution is 7.89. The summed E-state index contributed by atoms with van der Waals surface area (Å²) in [6.45, 7) is 4.63. The SMILES string of the molecule is CC#CCOc1ccc(S(=O)(=O)N2CCN(C)CC2)cc1. The summed E-state index contributed by atoms with van der Waals surface area (Å²) in [5, 5.41) is 0. The van der Waals surface area contributed by atoms with Gasteiger partial charge in [-0.05, 0) is 38.2 Å². The van der Waals surface area contributed by atoms with Crippen molar-refractivity contribution in [2.24, 2.45) is 0 Å². The normalized spacial score (nSPS) is 17.0. The molecular weight excluding hydrogens is 288 g/mol. The Hall–Kier alpha value is -1.55. The van der Waals surface area contributed by atoms with Crippen LogP contribution >= 0.6 is 0 Å². The Kier molecular flexibility index (Phi) is 5.23. The summed E-state index contributed by atoms with van der Waals surface area (Å²) >= 11 is 0. The highest BCUT2D eigenvalue weighted by Gasteiger charge is 2.27. The zero-order valence-corrected chi connectivity index (χ0v) is 13.2. The van der Waals surface area contributed by atoms with E-state index in [9.17, 15) is 8.42 Å². The minimum atomic E-state index is -3.40. The van der Waals surface area contributed by atoms with Crippen LogP contribution < -0.4 is 4.74 Å². The molecule has 1 fully saturated rings. The van der Waals surface area contributed by atoms with E-state index >= 15 is 0 Å². The van der Waals surface area contributed by atoms with Gasteiger partial charge in [-0.25, -0.2) is 8.42 Å². The summed E-state index contributed by atoms with van der Waals surface area (Å²) in [6, 6.07) is 6.51. The number of rotatable bonds is 4. The van der Waals surface area contributed by atoms with E-state index in [1.165, 1.54) is 4.31 Å². The Morgan fingerprint density at radius 3 is 2.33 bits per heavy atom. The van der Waals surface area contributed by atoms with Crippen LogP contribution in [-0.4, -0.2) is 57.5 Å². The first-order valence-electron chi connectivity index (χ1n) is 6.85. The molecule has 0 aromatic heterocycles. The zero-order valence-electron chi connectivity index (χ0n) is 12.4. The van der Waals surface area contributed by atoms with Crippen LogP contribution in [0, 0.1) is 11.8 Å². The number of hydrogen-bond acceptors (Lipinski definition) is 4. The van der Waals surface area contributed by atoms with Crippen molar-refractivity contribution in [2.75, 3.05) is 39.8 Å². The second-order valence-electron chi connectivity index (χ2n) is 4.89. The van der Waals surface area contributed by atoms with E-state index < -0.39 is 10.0 Å². The van der Waals surface area contributed by atoms with E-state index in [0.717, 1.165) is 13.1 Å². The molecule has 114 valence electrons. The van der Waals surface area contributed by atoms with Crippen LogP contribution in [0.25, 0.3) is 0 Å². The average molecular weight is 308 g/mol. The predicted octanol–water partition coefficient (Wildman–Crippen LogP) is 1.02. The zero-order chi connectivity index (χ0) is 15.3. The molecule has 0 atom stereocenters. The minimum absolute atomic E-state index is 0.306. The number of nitrogens with zero attached hydrogens (tertiary/aromatic N) is 2. The number of benzene rings is 1. The van der Waals surface area contributed by atoms with Crippen molar-refractivity contribution in [3.8, 4) is 17.6 Å². The third kappa shape index (κ3) is 3.97. The quantitative estimate of drug-likeness (QED) is 0.780. The fourth-order valence-electron chi connectivity index (χ4n) is 2.08. The summed E-state index contributed by atoms with van der Waals surface area (Å²) in [7, 11) is -1.41. The molecule has 1 aromatic rings. The molecule has 0 bridgehead atoms. The number of hydrogen-bond donors (Lipinski definition) is 0. The van der Waals surface area contributed by atoms with Crippen LogP contribution in [0.4, 0.5) is 0 Å². The molecule has 1 aromatic carbocycles. The van der Waals surface area contributed by atoms with Crippen molar-refractivity contribution < 1.29 is 13.2 Å². The molecule has 1 aliphatic heterocycles. The van der Waals surface area contributed by atoms with Gasteiger partial charge >= 0.3 is 0 Å². The van der Waals surface area contributed by atoms with Gasteiger partial charge in [0.25, 0.3) is 0 Å². The molecule has 5 nitrogen and oxygen atoms in total. The molecule has 0 aliphatic carbocycles. The Morgan fingerprint density at radius 1 is 1.14 bits per heavy atom. The smallest absolute Gasteiger partial charge is 0.243 e. The largest absolute Gasteiger partial charge is 0.481 e. The molecule has 21 heavy (non-hydrogen) atoms. The fourth-order valence-corrected chi connectivity index (χ4v) is 3.50. The highest BCUT2D eigenvalue weighted by Crippen LogP contribution is 2.20. The molecule has 0 amide bonds. The van der Waals surface area contributed by atoms with Gasteiger partial charge in [0.2, 0.25) is 10.0 Å². The van der Waals surface area contributed by atoms with E-state index in [0.29, 0.717) is 30.3 Å². The van der Waals surface area contributed by atoms with Crippen LogP contribution in [0.3, 0.4) is 0 Å². The molecule has 0 saturated carbocycles.